The van der Waals surface area contributed by atoms with Gasteiger partial charge in [-0.05, 0) is 87.7 Å². The van der Waals surface area contributed by atoms with Gasteiger partial charge in [0, 0.05) is 34.1 Å². The largest absolute Gasteiger partial charge is 0.350 e. The number of nitrogens with zero attached hydrogens (tertiary/aromatic N) is 2. The van der Waals surface area contributed by atoms with Crippen LogP contribution >= 0.6 is 23.2 Å². The summed E-state index contributed by atoms with van der Waals surface area (Å²) in [6.45, 7) is 8.60. The van der Waals surface area contributed by atoms with Crippen LogP contribution in [0.4, 0.5) is 5.69 Å². The highest BCUT2D eigenvalue weighted by atomic mass is 35.5. The third-order valence-corrected chi connectivity index (χ3v) is 9.76. The van der Waals surface area contributed by atoms with E-state index in [4.69, 9.17) is 23.2 Å². The van der Waals surface area contributed by atoms with Crippen LogP contribution in [0.2, 0.25) is 10.0 Å². The Kier molecular flexibility index (Phi) is 11.2. The Morgan fingerprint density at radius 1 is 0.804 bits per heavy atom. The van der Waals surface area contributed by atoms with E-state index >= 15 is 0 Å². The summed E-state index contributed by atoms with van der Waals surface area (Å²) in [6.07, 6.45) is 0.172. The normalized spacial score (nSPS) is 12.3. The van der Waals surface area contributed by atoms with Crippen molar-refractivity contribution in [1.82, 2.24) is 10.2 Å². The molecule has 0 saturated carbocycles. The first-order valence-corrected chi connectivity index (χ1v) is 17.1. The van der Waals surface area contributed by atoms with Crippen molar-refractivity contribution in [2.45, 2.75) is 64.1 Å². The number of benzene rings is 4. The zero-order valence-corrected chi connectivity index (χ0v) is 29.0. The Labute approximate surface area is 282 Å². The van der Waals surface area contributed by atoms with E-state index in [0.717, 1.165) is 21.0 Å². The number of sulfonamides is 1. The van der Waals surface area contributed by atoms with Gasteiger partial charge >= 0.3 is 0 Å². The number of hydrogen-bond acceptors (Lipinski definition) is 4. The summed E-state index contributed by atoms with van der Waals surface area (Å²) in [5.41, 5.74) is 2.67. The van der Waals surface area contributed by atoms with Crippen molar-refractivity contribution >= 4 is 50.7 Å². The second-order valence-corrected chi connectivity index (χ2v) is 15.0. The summed E-state index contributed by atoms with van der Waals surface area (Å²) in [5, 5.41) is 3.66. The number of anilines is 1. The molecule has 10 heteroatoms. The van der Waals surface area contributed by atoms with Crippen molar-refractivity contribution < 1.29 is 18.0 Å². The molecule has 0 aromatic heterocycles. The smallest absolute Gasteiger partial charge is 0.264 e. The topological polar surface area (TPSA) is 86.8 Å². The molecule has 4 rings (SSSR count). The van der Waals surface area contributed by atoms with Gasteiger partial charge < -0.3 is 10.2 Å². The molecule has 7 nitrogen and oxygen atoms in total. The average Bonchev–Trinajstić information content (AvgIpc) is 2.98. The van der Waals surface area contributed by atoms with Gasteiger partial charge in [-0.2, -0.15) is 0 Å². The maximum Gasteiger partial charge on any atom is 0.264 e. The molecular weight excluding hydrogens is 641 g/mol. The molecule has 0 radical (unpaired) electrons. The van der Waals surface area contributed by atoms with Crippen molar-refractivity contribution in [3.05, 3.63) is 129 Å². The van der Waals surface area contributed by atoms with E-state index in [1.54, 1.807) is 48.5 Å². The van der Waals surface area contributed by atoms with Crippen LogP contribution in [0, 0.1) is 13.8 Å². The lowest BCUT2D eigenvalue weighted by Crippen LogP contribution is -2.56. The number of amides is 2. The zero-order valence-electron chi connectivity index (χ0n) is 26.6. The average molecular weight is 681 g/mol. The molecule has 4 aromatic carbocycles. The zero-order chi connectivity index (χ0) is 33.6. The molecule has 2 amide bonds. The van der Waals surface area contributed by atoms with Crippen molar-refractivity contribution in [1.29, 1.82) is 0 Å². The molecule has 0 bridgehead atoms. The summed E-state index contributed by atoms with van der Waals surface area (Å²) < 4.78 is 29.5. The standard InChI is InChI=1S/C36H39Cl2N3O4S/c1-25-19-26(2)21-28(20-25)41(46(44,45)29-15-10-7-11-16-29)24-34(42)40(23-30-31(37)17-12-18-32(30)38)33(35(43)39-36(3,4)5)22-27-13-8-6-9-14-27/h6-21,33H,22-24H2,1-5H3,(H,39,43)/t33-/m1/s1. The minimum absolute atomic E-state index is 0.0361. The number of halogens is 2. The van der Waals surface area contributed by atoms with E-state index in [1.165, 1.54) is 17.0 Å². The first-order chi connectivity index (χ1) is 21.7. The van der Waals surface area contributed by atoms with E-state index in [2.05, 4.69) is 5.32 Å². The fourth-order valence-corrected chi connectivity index (χ4v) is 7.14. The first kappa shape index (κ1) is 35.0. The molecule has 0 fully saturated rings. The Balaban J connectivity index is 1.87. The van der Waals surface area contributed by atoms with E-state index in [9.17, 15) is 18.0 Å². The molecule has 1 atom stereocenters. The second kappa shape index (κ2) is 14.7. The van der Waals surface area contributed by atoms with Gasteiger partial charge in [0.2, 0.25) is 11.8 Å². The van der Waals surface area contributed by atoms with Gasteiger partial charge in [-0.25, -0.2) is 8.42 Å². The Morgan fingerprint density at radius 2 is 1.35 bits per heavy atom. The third-order valence-electron chi connectivity index (χ3n) is 7.26. The second-order valence-electron chi connectivity index (χ2n) is 12.3. The molecule has 0 heterocycles. The van der Waals surface area contributed by atoms with Gasteiger partial charge in [-0.1, -0.05) is 83.9 Å². The summed E-state index contributed by atoms with van der Waals surface area (Å²) in [7, 11) is -4.21. The molecule has 4 aromatic rings. The number of aryl methyl sites for hydroxylation is 2. The molecular formula is C36H39Cl2N3O4S. The molecule has 0 aliphatic carbocycles. The van der Waals surface area contributed by atoms with Crippen LogP contribution in [0.25, 0.3) is 0 Å². The maximum atomic E-state index is 14.7. The molecule has 242 valence electrons. The van der Waals surface area contributed by atoms with Gasteiger partial charge in [0.05, 0.1) is 10.6 Å². The SMILES string of the molecule is Cc1cc(C)cc(N(CC(=O)N(Cc2c(Cl)cccc2Cl)[C@H](Cc2ccccc2)C(=O)NC(C)(C)C)S(=O)(=O)c2ccccc2)c1. The van der Waals surface area contributed by atoms with Crippen LogP contribution < -0.4 is 9.62 Å². The van der Waals surface area contributed by atoms with Crippen LogP contribution in [0.3, 0.4) is 0 Å². The van der Waals surface area contributed by atoms with E-state index in [0.29, 0.717) is 21.3 Å². The lowest BCUT2D eigenvalue weighted by atomic mass is 10.0. The predicted molar refractivity (Wildman–Crippen MR) is 186 cm³/mol. The van der Waals surface area contributed by atoms with Crippen molar-refractivity contribution in [3.8, 4) is 0 Å². The van der Waals surface area contributed by atoms with Crippen LogP contribution in [0.15, 0.2) is 102 Å². The maximum absolute atomic E-state index is 14.7. The van der Waals surface area contributed by atoms with E-state index in [-0.39, 0.29) is 17.9 Å². The van der Waals surface area contributed by atoms with Gasteiger partial charge in [0.25, 0.3) is 10.0 Å². The van der Waals surface area contributed by atoms with E-state index in [1.807, 2.05) is 71.0 Å². The first-order valence-electron chi connectivity index (χ1n) is 14.9. The summed E-state index contributed by atoms with van der Waals surface area (Å²) >= 11 is 13.2. The Hall–Kier alpha value is -3.85. The fourth-order valence-electron chi connectivity index (χ4n) is 5.20. The van der Waals surface area contributed by atoms with Gasteiger partial charge in [0.15, 0.2) is 0 Å². The molecule has 0 aliphatic heterocycles. The highest BCUT2D eigenvalue weighted by Crippen LogP contribution is 2.30. The highest BCUT2D eigenvalue weighted by molar-refractivity contribution is 7.92. The molecule has 0 aliphatic rings. The Bertz CT molecular complexity index is 1750. The highest BCUT2D eigenvalue weighted by Gasteiger charge is 2.36. The monoisotopic (exact) mass is 679 g/mol. The van der Waals surface area contributed by atoms with Crippen LogP contribution in [-0.4, -0.2) is 43.3 Å². The van der Waals surface area contributed by atoms with E-state index < -0.39 is 40.0 Å². The number of hydrogen-bond donors (Lipinski definition) is 1. The molecule has 0 unspecified atom stereocenters. The van der Waals surface area contributed by atoms with Crippen LogP contribution in [0.1, 0.15) is 43.0 Å². The number of carbonyl (C=O) groups excluding carboxylic acids is 2. The number of carbonyl (C=O) groups is 2. The number of rotatable bonds is 11. The van der Waals surface area contributed by atoms with Crippen LogP contribution in [0.5, 0.6) is 0 Å². The molecule has 0 spiro atoms. The molecule has 1 N–H and O–H groups in total. The summed E-state index contributed by atoms with van der Waals surface area (Å²) in [5.74, 6) is -0.989. The van der Waals surface area contributed by atoms with Crippen molar-refractivity contribution in [3.63, 3.8) is 0 Å². The third kappa shape index (κ3) is 8.90. The van der Waals surface area contributed by atoms with Crippen LogP contribution in [-0.2, 0) is 32.6 Å². The quantitative estimate of drug-likeness (QED) is 0.179. The minimum atomic E-state index is -4.21. The lowest BCUT2D eigenvalue weighted by molar-refractivity contribution is -0.140. The minimum Gasteiger partial charge on any atom is -0.350 e. The number of nitrogens with one attached hydrogen (secondary N) is 1. The fraction of sp³-hybridized carbons (Fsp3) is 0.278. The van der Waals surface area contributed by atoms with Crippen molar-refractivity contribution in [2.75, 3.05) is 10.8 Å². The van der Waals surface area contributed by atoms with Gasteiger partial charge in [-0.3, -0.25) is 13.9 Å². The predicted octanol–water partition coefficient (Wildman–Crippen LogP) is 7.36. The molecule has 0 saturated heterocycles. The Morgan fingerprint density at radius 3 is 1.89 bits per heavy atom. The lowest BCUT2D eigenvalue weighted by Gasteiger charge is -2.35. The van der Waals surface area contributed by atoms with Gasteiger partial charge in [0.1, 0.15) is 12.6 Å². The van der Waals surface area contributed by atoms with Gasteiger partial charge in [-0.15, -0.1) is 0 Å². The summed E-state index contributed by atoms with van der Waals surface area (Å²) in [6, 6.07) is 26.7. The summed E-state index contributed by atoms with van der Waals surface area (Å²) in [4.78, 5) is 30.1. The van der Waals surface area contributed by atoms with Crippen molar-refractivity contribution in [2.24, 2.45) is 0 Å². The molecule has 46 heavy (non-hydrogen) atoms.